The standard InChI is InChI=1S/C18H22N4O3/c1-4-6-9-24-16-8-7-14(10-17(16)23-5-2)12-20-22-18-15(11-19)21-13(3)25-18/h7-8,10,12,22H,4-6,9H2,1-3H3. The number of hydrazone groups is 1. The zero-order chi connectivity index (χ0) is 18.1. The van der Waals surface area contributed by atoms with Crippen LogP contribution in [0.3, 0.4) is 0 Å². The third kappa shape index (κ3) is 5.24. The summed E-state index contributed by atoms with van der Waals surface area (Å²) in [6.07, 6.45) is 3.68. The fourth-order valence-electron chi connectivity index (χ4n) is 2.06. The highest BCUT2D eigenvalue weighted by atomic mass is 16.5. The van der Waals surface area contributed by atoms with Crippen LogP contribution in [0, 0.1) is 18.3 Å². The molecule has 0 amide bonds. The van der Waals surface area contributed by atoms with Gasteiger partial charge in [0.25, 0.3) is 5.88 Å². The van der Waals surface area contributed by atoms with Crippen molar-refractivity contribution in [3.8, 4) is 17.6 Å². The van der Waals surface area contributed by atoms with Crippen LogP contribution in [0.2, 0.25) is 0 Å². The summed E-state index contributed by atoms with van der Waals surface area (Å²) in [4.78, 5) is 3.94. The van der Waals surface area contributed by atoms with Crippen molar-refractivity contribution in [2.45, 2.75) is 33.6 Å². The Morgan fingerprint density at radius 2 is 2.16 bits per heavy atom. The Labute approximate surface area is 147 Å². The molecule has 0 saturated heterocycles. The molecule has 0 spiro atoms. The van der Waals surface area contributed by atoms with Crippen molar-refractivity contribution >= 4 is 12.1 Å². The molecule has 0 bridgehead atoms. The number of rotatable bonds is 9. The van der Waals surface area contributed by atoms with Crippen LogP contribution in [0.15, 0.2) is 27.7 Å². The van der Waals surface area contributed by atoms with Crippen LogP contribution < -0.4 is 14.9 Å². The molecule has 1 N–H and O–H groups in total. The third-order valence-electron chi connectivity index (χ3n) is 3.24. The van der Waals surface area contributed by atoms with Crippen LogP contribution in [0.5, 0.6) is 11.5 Å². The Kier molecular flexibility index (Phi) is 6.84. The van der Waals surface area contributed by atoms with Crippen molar-refractivity contribution in [3.63, 3.8) is 0 Å². The topological polar surface area (TPSA) is 92.7 Å². The van der Waals surface area contributed by atoms with Gasteiger partial charge in [-0.05, 0) is 37.1 Å². The molecule has 0 radical (unpaired) electrons. The number of nitrogens with zero attached hydrogens (tertiary/aromatic N) is 3. The van der Waals surface area contributed by atoms with Crippen LogP contribution in [-0.2, 0) is 0 Å². The number of nitriles is 1. The Balaban J connectivity index is 2.08. The lowest BCUT2D eigenvalue weighted by molar-refractivity contribution is 0.272. The first-order valence-corrected chi connectivity index (χ1v) is 8.24. The van der Waals surface area contributed by atoms with Gasteiger partial charge in [-0.3, -0.25) is 0 Å². The van der Waals surface area contributed by atoms with Gasteiger partial charge in [0.05, 0.1) is 19.4 Å². The molecular formula is C18H22N4O3. The molecule has 1 heterocycles. The first-order chi connectivity index (χ1) is 12.2. The van der Waals surface area contributed by atoms with Crippen LogP contribution in [0.25, 0.3) is 0 Å². The summed E-state index contributed by atoms with van der Waals surface area (Å²) in [5.41, 5.74) is 3.69. The summed E-state index contributed by atoms with van der Waals surface area (Å²) >= 11 is 0. The number of hydrogen-bond donors (Lipinski definition) is 1. The molecule has 0 aliphatic rings. The molecular weight excluding hydrogens is 320 g/mol. The monoisotopic (exact) mass is 342 g/mol. The van der Waals surface area contributed by atoms with E-state index in [1.807, 2.05) is 31.2 Å². The number of aromatic nitrogens is 1. The molecule has 1 aromatic heterocycles. The molecule has 0 aliphatic carbocycles. The minimum absolute atomic E-state index is 0.171. The molecule has 0 atom stereocenters. The van der Waals surface area contributed by atoms with Gasteiger partial charge in [-0.2, -0.15) is 10.4 Å². The van der Waals surface area contributed by atoms with E-state index in [1.165, 1.54) is 0 Å². The van der Waals surface area contributed by atoms with E-state index < -0.39 is 0 Å². The summed E-state index contributed by atoms with van der Waals surface area (Å²) in [5.74, 6) is 2.02. The van der Waals surface area contributed by atoms with Gasteiger partial charge in [0.2, 0.25) is 5.69 Å². The van der Waals surface area contributed by atoms with Crippen LogP contribution >= 0.6 is 0 Å². The van der Waals surface area contributed by atoms with Gasteiger partial charge < -0.3 is 13.9 Å². The van der Waals surface area contributed by atoms with E-state index in [9.17, 15) is 0 Å². The summed E-state index contributed by atoms with van der Waals surface area (Å²) in [7, 11) is 0. The Hall–Kier alpha value is -3.01. The number of unbranched alkanes of at least 4 members (excludes halogenated alkanes) is 1. The van der Waals surface area contributed by atoms with Crippen molar-refractivity contribution in [2.75, 3.05) is 18.6 Å². The predicted octanol–water partition coefficient (Wildman–Crippen LogP) is 3.88. The van der Waals surface area contributed by atoms with Gasteiger partial charge in [-0.25, -0.2) is 10.4 Å². The first-order valence-electron chi connectivity index (χ1n) is 8.24. The summed E-state index contributed by atoms with van der Waals surface area (Å²) in [6, 6.07) is 7.54. The highest BCUT2D eigenvalue weighted by Crippen LogP contribution is 2.28. The summed E-state index contributed by atoms with van der Waals surface area (Å²) in [5, 5.41) is 13.1. The smallest absolute Gasteiger partial charge is 0.252 e. The Bertz CT molecular complexity index is 762. The molecule has 0 unspecified atom stereocenters. The fourth-order valence-corrected chi connectivity index (χ4v) is 2.06. The quantitative estimate of drug-likeness (QED) is 0.422. The number of ether oxygens (including phenoxy) is 2. The van der Waals surface area contributed by atoms with E-state index in [-0.39, 0.29) is 11.6 Å². The lowest BCUT2D eigenvalue weighted by Gasteiger charge is -2.12. The van der Waals surface area contributed by atoms with E-state index in [0.717, 1.165) is 24.2 Å². The first kappa shape index (κ1) is 18.3. The van der Waals surface area contributed by atoms with E-state index in [2.05, 4.69) is 22.4 Å². The Morgan fingerprint density at radius 1 is 1.32 bits per heavy atom. The second-order valence-corrected chi connectivity index (χ2v) is 5.23. The van der Waals surface area contributed by atoms with Crippen molar-refractivity contribution < 1.29 is 13.9 Å². The molecule has 7 heteroatoms. The highest BCUT2D eigenvalue weighted by molar-refractivity contribution is 5.81. The predicted molar refractivity (Wildman–Crippen MR) is 95.2 cm³/mol. The van der Waals surface area contributed by atoms with E-state index in [1.54, 1.807) is 13.1 Å². The average molecular weight is 342 g/mol. The molecule has 2 rings (SSSR count). The molecule has 1 aromatic carbocycles. The molecule has 0 fully saturated rings. The van der Waals surface area contributed by atoms with Crippen LogP contribution in [-0.4, -0.2) is 24.4 Å². The van der Waals surface area contributed by atoms with E-state index in [4.69, 9.17) is 19.2 Å². The third-order valence-corrected chi connectivity index (χ3v) is 3.24. The van der Waals surface area contributed by atoms with Gasteiger partial charge in [0, 0.05) is 6.92 Å². The number of nitrogens with one attached hydrogen (secondary N) is 1. The van der Waals surface area contributed by atoms with Crippen molar-refractivity contribution in [1.82, 2.24) is 4.98 Å². The van der Waals surface area contributed by atoms with Gasteiger partial charge in [0.15, 0.2) is 17.4 Å². The van der Waals surface area contributed by atoms with Gasteiger partial charge in [0.1, 0.15) is 6.07 Å². The number of aryl methyl sites for hydroxylation is 1. The highest BCUT2D eigenvalue weighted by Gasteiger charge is 2.09. The Morgan fingerprint density at radius 3 is 2.88 bits per heavy atom. The molecule has 132 valence electrons. The minimum Gasteiger partial charge on any atom is -0.490 e. The molecule has 25 heavy (non-hydrogen) atoms. The SMILES string of the molecule is CCCCOc1ccc(C=NNc2oc(C)nc2C#N)cc1OCC. The van der Waals surface area contributed by atoms with Crippen LogP contribution in [0.1, 0.15) is 43.8 Å². The maximum atomic E-state index is 8.97. The molecule has 0 saturated carbocycles. The van der Waals surface area contributed by atoms with Crippen LogP contribution in [0.4, 0.5) is 5.88 Å². The molecule has 0 aliphatic heterocycles. The maximum absolute atomic E-state index is 8.97. The van der Waals surface area contributed by atoms with E-state index in [0.29, 0.717) is 24.9 Å². The number of oxazole rings is 1. The average Bonchev–Trinajstić information content (AvgIpc) is 2.97. The second kappa shape index (κ2) is 9.33. The molecule has 2 aromatic rings. The summed E-state index contributed by atoms with van der Waals surface area (Å²) in [6.45, 7) is 6.92. The normalized spacial score (nSPS) is 10.6. The van der Waals surface area contributed by atoms with Gasteiger partial charge in [-0.1, -0.05) is 13.3 Å². The maximum Gasteiger partial charge on any atom is 0.252 e. The number of hydrogen-bond acceptors (Lipinski definition) is 7. The van der Waals surface area contributed by atoms with Crippen molar-refractivity contribution in [1.29, 1.82) is 5.26 Å². The second-order valence-electron chi connectivity index (χ2n) is 5.23. The lowest BCUT2D eigenvalue weighted by atomic mass is 10.2. The number of benzene rings is 1. The molecule has 7 nitrogen and oxygen atoms in total. The minimum atomic E-state index is 0.171. The zero-order valence-corrected chi connectivity index (χ0v) is 14.7. The van der Waals surface area contributed by atoms with Crippen molar-refractivity contribution in [3.05, 3.63) is 35.3 Å². The van der Waals surface area contributed by atoms with Gasteiger partial charge >= 0.3 is 0 Å². The van der Waals surface area contributed by atoms with Gasteiger partial charge in [-0.15, -0.1) is 0 Å². The fraction of sp³-hybridized carbons (Fsp3) is 0.389. The van der Waals surface area contributed by atoms with Crippen molar-refractivity contribution in [2.24, 2.45) is 5.10 Å². The van der Waals surface area contributed by atoms with E-state index >= 15 is 0 Å². The summed E-state index contributed by atoms with van der Waals surface area (Å²) < 4.78 is 16.7. The number of anilines is 1. The largest absolute Gasteiger partial charge is 0.490 e. The lowest BCUT2D eigenvalue weighted by Crippen LogP contribution is -2.01. The zero-order valence-electron chi connectivity index (χ0n) is 14.7.